The molecule has 170 valence electrons. The summed E-state index contributed by atoms with van der Waals surface area (Å²) in [5.74, 6) is 0.280. The summed E-state index contributed by atoms with van der Waals surface area (Å²) in [7, 11) is -3.73. The van der Waals surface area contributed by atoms with Gasteiger partial charge >= 0.3 is 0 Å². The summed E-state index contributed by atoms with van der Waals surface area (Å²) in [5, 5.41) is 2.82. The second kappa shape index (κ2) is 9.81. The zero-order chi connectivity index (χ0) is 22.6. The first-order valence-corrected chi connectivity index (χ1v) is 12.3. The Bertz CT molecular complexity index is 1090. The molecule has 0 aromatic heterocycles. The lowest BCUT2D eigenvalue weighted by atomic mass is 10.1. The molecule has 2 aromatic carbocycles. The van der Waals surface area contributed by atoms with Gasteiger partial charge in [-0.15, -0.1) is 0 Å². The summed E-state index contributed by atoms with van der Waals surface area (Å²) < 4.78 is 33.8. The Morgan fingerprint density at radius 3 is 2.72 bits per heavy atom. The molecule has 2 aliphatic rings. The van der Waals surface area contributed by atoms with Crippen LogP contribution in [0.1, 0.15) is 31.4 Å². The molecule has 2 atom stereocenters. The zero-order valence-corrected chi connectivity index (χ0v) is 18.8. The minimum Gasteiger partial charge on any atom is -0.368 e. The average Bonchev–Trinajstić information content (AvgIpc) is 3.26. The van der Waals surface area contributed by atoms with Crippen molar-refractivity contribution < 1.29 is 17.9 Å². The van der Waals surface area contributed by atoms with E-state index in [9.17, 15) is 13.2 Å². The molecule has 0 spiro atoms. The van der Waals surface area contributed by atoms with Crippen molar-refractivity contribution in [3.63, 3.8) is 0 Å². The van der Waals surface area contributed by atoms with Crippen LogP contribution in [0.25, 0.3) is 0 Å². The van der Waals surface area contributed by atoms with Crippen LogP contribution in [-0.2, 0) is 19.6 Å². The van der Waals surface area contributed by atoms with Crippen LogP contribution in [0.2, 0.25) is 0 Å². The van der Waals surface area contributed by atoms with E-state index in [1.165, 1.54) is 12.1 Å². The number of benzene rings is 2. The first-order valence-electron chi connectivity index (χ1n) is 10.8. The van der Waals surface area contributed by atoms with E-state index in [1.807, 2.05) is 37.3 Å². The fourth-order valence-electron chi connectivity index (χ4n) is 4.00. The highest BCUT2D eigenvalue weighted by Gasteiger charge is 2.27. The number of rotatable bonds is 6. The average molecular weight is 457 g/mol. The molecule has 4 rings (SSSR count). The standard InChI is InChI=1S/C23H28N4O4S/c1-17-14-27(15-21(31-17)18-7-3-2-4-8-18)16-23(28)25-19-9-5-10-20(13-19)32(29,30)26-22-11-6-12-24-22/h2-5,7-10,13,17,21H,6,11-12,14-16H2,1H3,(H,24,26)(H,25,28). The van der Waals surface area contributed by atoms with E-state index in [-0.39, 0.29) is 29.6 Å². The van der Waals surface area contributed by atoms with Gasteiger partial charge in [0, 0.05) is 31.7 Å². The molecule has 1 fully saturated rings. The fourth-order valence-corrected chi connectivity index (χ4v) is 5.14. The molecular weight excluding hydrogens is 428 g/mol. The van der Waals surface area contributed by atoms with Crippen molar-refractivity contribution in [3.05, 3.63) is 60.2 Å². The van der Waals surface area contributed by atoms with E-state index in [0.29, 0.717) is 37.6 Å². The van der Waals surface area contributed by atoms with Gasteiger partial charge in [0.1, 0.15) is 5.84 Å². The molecule has 9 heteroatoms. The molecule has 1 saturated heterocycles. The predicted octanol–water partition coefficient (Wildman–Crippen LogP) is 2.56. The topological polar surface area (TPSA) is 100 Å². The summed E-state index contributed by atoms with van der Waals surface area (Å²) >= 11 is 0. The smallest absolute Gasteiger partial charge is 0.262 e. The third-order valence-electron chi connectivity index (χ3n) is 5.43. The van der Waals surface area contributed by atoms with Gasteiger partial charge in [-0.2, -0.15) is 0 Å². The highest BCUT2D eigenvalue weighted by molar-refractivity contribution is 7.90. The number of hydrogen-bond acceptors (Lipinski definition) is 6. The first-order chi connectivity index (χ1) is 15.4. The molecule has 8 nitrogen and oxygen atoms in total. The van der Waals surface area contributed by atoms with Crippen LogP contribution in [0.4, 0.5) is 5.69 Å². The molecule has 2 N–H and O–H groups in total. The normalized spacial score (nSPS) is 21.7. The van der Waals surface area contributed by atoms with Gasteiger partial charge in [-0.3, -0.25) is 19.4 Å². The fraction of sp³-hybridized carbons (Fsp3) is 0.391. The maximum Gasteiger partial charge on any atom is 0.262 e. The van der Waals surface area contributed by atoms with Crippen molar-refractivity contribution in [1.29, 1.82) is 0 Å². The van der Waals surface area contributed by atoms with Crippen LogP contribution in [0.5, 0.6) is 0 Å². The summed E-state index contributed by atoms with van der Waals surface area (Å²) in [6, 6.07) is 16.2. The SMILES string of the molecule is CC1CN(CC(=O)Nc2cccc(S(=O)(=O)NC3=NCCC3)c2)CC(c2ccccc2)O1. The molecular formula is C23H28N4O4S. The lowest BCUT2D eigenvalue weighted by molar-refractivity contribution is -0.122. The second-order valence-corrected chi connectivity index (χ2v) is 9.84. The highest BCUT2D eigenvalue weighted by atomic mass is 32.2. The minimum atomic E-state index is -3.73. The van der Waals surface area contributed by atoms with Crippen LogP contribution >= 0.6 is 0 Å². The Labute approximate surface area is 188 Å². The molecule has 1 amide bonds. The quantitative estimate of drug-likeness (QED) is 0.696. The molecule has 2 aliphatic heterocycles. The van der Waals surface area contributed by atoms with Gasteiger partial charge in [0.05, 0.1) is 23.6 Å². The number of carbonyl (C=O) groups excluding carboxylic acids is 1. The van der Waals surface area contributed by atoms with Crippen molar-refractivity contribution >= 4 is 27.5 Å². The number of anilines is 1. The number of aliphatic imine (C=N–C) groups is 1. The molecule has 2 aromatic rings. The Morgan fingerprint density at radius 2 is 1.97 bits per heavy atom. The molecule has 0 saturated carbocycles. The van der Waals surface area contributed by atoms with Crippen LogP contribution < -0.4 is 10.0 Å². The van der Waals surface area contributed by atoms with Crippen molar-refractivity contribution in [1.82, 2.24) is 9.62 Å². The number of ether oxygens (including phenoxy) is 1. The predicted molar refractivity (Wildman–Crippen MR) is 123 cm³/mol. The number of nitrogens with one attached hydrogen (secondary N) is 2. The third kappa shape index (κ3) is 5.73. The number of carbonyl (C=O) groups is 1. The summed E-state index contributed by atoms with van der Waals surface area (Å²) in [6.07, 6.45) is 1.38. The maximum absolute atomic E-state index is 12.7. The molecule has 32 heavy (non-hydrogen) atoms. The van der Waals surface area contributed by atoms with Crippen LogP contribution in [-0.4, -0.2) is 57.3 Å². The number of amidine groups is 1. The molecule has 0 aliphatic carbocycles. The summed E-state index contributed by atoms with van der Waals surface area (Å²) in [4.78, 5) is 19.0. The van der Waals surface area contributed by atoms with E-state index in [2.05, 4.69) is 19.9 Å². The van der Waals surface area contributed by atoms with E-state index in [4.69, 9.17) is 4.74 Å². The summed E-state index contributed by atoms with van der Waals surface area (Å²) in [6.45, 7) is 4.09. The first kappa shape index (κ1) is 22.4. The van der Waals surface area contributed by atoms with E-state index in [1.54, 1.807) is 12.1 Å². The van der Waals surface area contributed by atoms with Gasteiger partial charge in [0.15, 0.2) is 0 Å². The van der Waals surface area contributed by atoms with Crippen molar-refractivity contribution in [2.75, 3.05) is 31.5 Å². The van der Waals surface area contributed by atoms with Gasteiger partial charge in [-0.05, 0) is 37.1 Å². The third-order valence-corrected chi connectivity index (χ3v) is 6.81. The van der Waals surface area contributed by atoms with Crippen LogP contribution in [0.3, 0.4) is 0 Å². The highest BCUT2D eigenvalue weighted by Crippen LogP contribution is 2.25. The van der Waals surface area contributed by atoms with Gasteiger partial charge in [0.2, 0.25) is 5.91 Å². The Balaban J connectivity index is 1.38. The minimum absolute atomic E-state index is 0.000183. The molecule has 0 bridgehead atoms. The molecule has 0 radical (unpaired) electrons. The lowest BCUT2D eigenvalue weighted by Crippen LogP contribution is -2.46. The Morgan fingerprint density at radius 1 is 1.16 bits per heavy atom. The lowest BCUT2D eigenvalue weighted by Gasteiger charge is -2.36. The number of sulfonamides is 1. The molecule has 2 heterocycles. The van der Waals surface area contributed by atoms with Crippen molar-refractivity contribution in [2.45, 2.75) is 36.9 Å². The van der Waals surface area contributed by atoms with Crippen molar-refractivity contribution in [2.24, 2.45) is 4.99 Å². The van der Waals surface area contributed by atoms with Crippen LogP contribution in [0.15, 0.2) is 64.5 Å². The largest absolute Gasteiger partial charge is 0.368 e. The van der Waals surface area contributed by atoms with Gasteiger partial charge in [0.25, 0.3) is 10.0 Å². The number of amides is 1. The van der Waals surface area contributed by atoms with Gasteiger partial charge in [-0.1, -0.05) is 36.4 Å². The van der Waals surface area contributed by atoms with Gasteiger partial charge < -0.3 is 10.1 Å². The number of hydrogen-bond donors (Lipinski definition) is 2. The van der Waals surface area contributed by atoms with E-state index < -0.39 is 10.0 Å². The van der Waals surface area contributed by atoms with Crippen molar-refractivity contribution in [3.8, 4) is 0 Å². The second-order valence-electron chi connectivity index (χ2n) is 8.15. The molecule has 2 unspecified atom stereocenters. The number of morpholine rings is 1. The Hall–Kier alpha value is -2.75. The van der Waals surface area contributed by atoms with E-state index in [0.717, 1.165) is 12.0 Å². The van der Waals surface area contributed by atoms with E-state index >= 15 is 0 Å². The maximum atomic E-state index is 12.7. The zero-order valence-electron chi connectivity index (χ0n) is 18.0. The number of nitrogens with zero attached hydrogens (tertiary/aromatic N) is 2. The summed E-state index contributed by atoms with van der Waals surface area (Å²) in [5.41, 5.74) is 1.52. The monoisotopic (exact) mass is 456 g/mol. The Kier molecular flexibility index (Phi) is 6.88. The van der Waals surface area contributed by atoms with Crippen LogP contribution in [0, 0.1) is 0 Å². The van der Waals surface area contributed by atoms with Gasteiger partial charge in [-0.25, -0.2) is 8.42 Å².